The molecule has 1 saturated heterocycles. The first-order chi connectivity index (χ1) is 15.3. The van der Waals surface area contributed by atoms with E-state index in [9.17, 15) is 14.7 Å². The van der Waals surface area contributed by atoms with Crippen LogP contribution in [-0.2, 0) is 16.1 Å². The molecule has 162 valence electrons. The first kappa shape index (κ1) is 21.5. The third-order valence-electron chi connectivity index (χ3n) is 6.19. The molecule has 0 aliphatic carbocycles. The van der Waals surface area contributed by atoms with E-state index in [0.29, 0.717) is 5.56 Å². The molecule has 0 radical (unpaired) electrons. The number of aliphatic hydroxyl groups excluding tert-OH is 1. The molecule has 0 saturated carbocycles. The first-order valence-corrected chi connectivity index (χ1v) is 10.6. The quantitative estimate of drug-likeness (QED) is 0.365. The molecule has 1 atom stereocenters. The van der Waals surface area contributed by atoms with Crippen LogP contribution in [0.4, 0.5) is 0 Å². The molecule has 0 bridgehead atoms. The van der Waals surface area contributed by atoms with Gasteiger partial charge in [0, 0.05) is 24.5 Å². The van der Waals surface area contributed by atoms with Gasteiger partial charge in [0.05, 0.1) is 11.6 Å². The number of pyridine rings is 1. The van der Waals surface area contributed by atoms with Gasteiger partial charge < -0.3 is 10.0 Å². The van der Waals surface area contributed by atoms with Crippen LogP contribution < -0.4 is 0 Å². The number of hydrogen-bond acceptors (Lipinski definition) is 4. The van der Waals surface area contributed by atoms with Crippen molar-refractivity contribution in [3.63, 3.8) is 0 Å². The van der Waals surface area contributed by atoms with Crippen molar-refractivity contribution in [2.24, 2.45) is 0 Å². The largest absolute Gasteiger partial charge is 0.507 e. The highest BCUT2D eigenvalue weighted by atomic mass is 16.3. The van der Waals surface area contributed by atoms with Crippen LogP contribution in [0.3, 0.4) is 0 Å². The van der Waals surface area contributed by atoms with Gasteiger partial charge in [-0.2, -0.15) is 0 Å². The number of likely N-dealkylation sites (tertiary alicyclic amines) is 1. The van der Waals surface area contributed by atoms with E-state index in [2.05, 4.69) is 4.98 Å². The number of carbonyl (C=O) groups excluding carboxylic acids is 2. The number of benzene rings is 2. The van der Waals surface area contributed by atoms with Crippen molar-refractivity contribution in [1.82, 2.24) is 9.88 Å². The lowest BCUT2D eigenvalue weighted by Gasteiger charge is -2.26. The smallest absolute Gasteiger partial charge is 0.295 e. The Hall–Kier alpha value is -3.73. The molecule has 1 fully saturated rings. The summed E-state index contributed by atoms with van der Waals surface area (Å²) in [5.74, 6) is -1.44. The van der Waals surface area contributed by atoms with Crippen molar-refractivity contribution < 1.29 is 14.7 Å². The summed E-state index contributed by atoms with van der Waals surface area (Å²) in [6.45, 7) is 8.19. The zero-order chi connectivity index (χ0) is 23.0. The predicted molar refractivity (Wildman–Crippen MR) is 124 cm³/mol. The lowest BCUT2D eigenvalue weighted by atomic mass is 9.94. The second kappa shape index (κ2) is 8.42. The summed E-state index contributed by atoms with van der Waals surface area (Å²) in [6.07, 6.45) is 3.26. The highest BCUT2D eigenvalue weighted by molar-refractivity contribution is 6.46. The molecule has 1 unspecified atom stereocenters. The Balaban J connectivity index is 1.87. The molecule has 32 heavy (non-hydrogen) atoms. The molecule has 2 heterocycles. The third-order valence-corrected chi connectivity index (χ3v) is 6.19. The summed E-state index contributed by atoms with van der Waals surface area (Å²) in [5, 5.41) is 11.2. The van der Waals surface area contributed by atoms with Gasteiger partial charge in [0.15, 0.2) is 0 Å². The van der Waals surface area contributed by atoms with Crippen molar-refractivity contribution in [3.8, 4) is 0 Å². The summed E-state index contributed by atoms with van der Waals surface area (Å²) in [4.78, 5) is 32.0. The molecule has 2 aromatic carbocycles. The molecule has 1 aliphatic rings. The van der Waals surface area contributed by atoms with E-state index in [-0.39, 0.29) is 17.9 Å². The lowest BCUT2D eigenvalue weighted by Crippen LogP contribution is -2.29. The summed E-state index contributed by atoms with van der Waals surface area (Å²) in [6, 6.07) is 14.4. The second-order valence-corrected chi connectivity index (χ2v) is 8.44. The maximum absolute atomic E-state index is 13.2. The molecule has 1 aromatic heterocycles. The average Bonchev–Trinajstić information content (AvgIpc) is 3.03. The number of rotatable bonds is 4. The summed E-state index contributed by atoms with van der Waals surface area (Å²) in [7, 11) is 0. The van der Waals surface area contributed by atoms with Crippen LogP contribution in [0, 0.1) is 27.7 Å². The Labute approximate surface area is 188 Å². The van der Waals surface area contributed by atoms with Gasteiger partial charge in [-0.1, -0.05) is 35.9 Å². The molecule has 0 spiro atoms. The van der Waals surface area contributed by atoms with Gasteiger partial charge in [0.2, 0.25) is 0 Å². The van der Waals surface area contributed by atoms with E-state index in [1.165, 1.54) is 0 Å². The minimum absolute atomic E-state index is 0.106. The van der Waals surface area contributed by atoms with Gasteiger partial charge in [0.25, 0.3) is 11.7 Å². The third kappa shape index (κ3) is 3.82. The van der Waals surface area contributed by atoms with E-state index >= 15 is 0 Å². The Morgan fingerprint density at radius 3 is 2.28 bits per heavy atom. The van der Waals surface area contributed by atoms with Crippen LogP contribution in [0.2, 0.25) is 0 Å². The number of hydrogen-bond donors (Lipinski definition) is 1. The highest BCUT2D eigenvalue weighted by Crippen LogP contribution is 2.40. The van der Waals surface area contributed by atoms with Crippen LogP contribution in [-0.4, -0.2) is 26.7 Å². The van der Waals surface area contributed by atoms with E-state index in [1.54, 1.807) is 35.5 Å². The molecule has 4 rings (SSSR count). The van der Waals surface area contributed by atoms with Gasteiger partial charge in [-0.15, -0.1) is 0 Å². The number of amides is 1. The maximum atomic E-state index is 13.2. The molecule has 5 nitrogen and oxygen atoms in total. The topological polar surface area (TPSA) is 70.5 Å². The summed E-state index contributed by atoms with van der Waals surface area (Å²) in [5.41, 5.74) is 6.54. The summed E-state index contributed by atoms with van der Waals surface area (Å²) < 4.78 is 0. The molecule has 1 aliphatic heterocycles. The average molecular weight is 427 g/mol. The van der Waals surface area contributed by atoms with Crippen molar-refractivity contribution in [2.45, 2.75) is 40.3 Å². The summed E-state index contributed by atoms with van der Waals surface area (Å²) >= 11 is 0. The molecule has 3 aromatic rings. The fraction of sp³-hybridized carbons (Fsp3) is 0.222. The highest BCUT2D eigenvalue weighted by Gasteiger charge is 2.46. The molecule has 1 amide bonds. The number of ketones is 1. The van der Waals surface area contributed by atoms with E-state index in [1.807, 2.05) is 58.0 Å². The number of aromatic nitrogens is 1. The van der Waals surface area contributed by atoms with Crippen LogP contribution in [0.15, 0.2) is 66.5 Å². The molecule has 5 heteroatoms. The minimum atomic E-state index is -0.695. The van der Waals surface area contributed by atoms with Gasteiger partial charge >= 0.3 is 0 Å². The normalized spacial score (nSPS) is 17.8. The van der Waals surface area contributed by atoms with Crippen molar-refractivity contribution >= 4 is 17.4 Å². The van der Waals surface area contributed by atoms with E-state index < -0.39 is 17.7 Å². The Kier molecular flexibility index (Phi) is 5.66. The first-order valence-electron chi connectivity index (χ1n) is 10.6. The number of aliphatic hydroxyl groups is 1. The van der Waals surface area contributed by atoms with Gasteiger partial charge in [0.1, 0.15) is 5.76 Å². The van der Waals surface area contributed by atoms with Crippen molar-refractivity contribution in [3.05, 3.63) is 105 Å². The number of carbonyl (C=O) groups is 2. The minimum Gasteiger partial charge on any atom is -0.507 e. The zero-order valence-corrected chi connectivity index (χ0v) is 18.7. The molecule has 1 N–H and O–H groups in total. The van der Waals surface area contributed by atoms with Crippen LogP contribution >= 0.6 is 0 Å². The van der Waals surface area contributed by atoms with E-state index in [0.717, 1.165) is 33.4 Å². The van der Waals surface area contributed by atoms with E-state index in [4.69, 9.17) is 0 Å². The molecular weight excluding hydrogens is 400 g/mol. The Bertz CT molecular complexity index is 1250. The van der Waals surface area contributed by atoms with Crippen molar-refractivity contribution in [1.29, 1.82) is 0 Å². The van der Waals surface area contributed by atoms with Crippen LogP contribution in [0.25, 0.3) is 5.76 Å². The number of Topliss-reactive ketones (excluding diaryl/α,β-unsaturated/α-hetero) is 1. The zero-order valence-electron chi connectivity index (χ0n) is 18.7. The second-order valence-electron chi connectivity index (χ2n) is 8.44. The standard InChI is InChI=1S/C27H26N2O3/c1-16-5-6-18(3)22(13-16)15-29-24(20-9-11-28-12-10-20)23(26(31)27(29)32)25(30)21-8-7-17(2)19(4)14-21/h5-14,24,30H,15H2,1-4H3/b25-23-. The number of nitrogens with zero attached hydrogens (tertiary/aromatic N) is 2. The fourth-order valence-electron chi connectivity index (χ4n) is 4.13. The SMILES string of the molecule is Cc1ccc(C)c(CN2C(=O)C(=O)/C(=C(\O)c3ccc(C)c(C)c3)C2c2ccncc2)c1. The van der Waals surface area contributed by atoms with Crippen molar-refractivity contribution in [2.75, 3.05) is 0 Å². The van der Waals surface area contributed by atoms with Gasteiger partial charge in [-0.05, 0) is 73.7 Å². The fourth-order valence-corrected chi connectivity index (χ4v) is 4.13. The van der Waals surface area contributed by atoms with Crippen LogP contribution in [0.1, 0.15) is 45.0 Å². The maximum Gasteiger partial charge on any atom is 0.295 e. The monoisotopic (exact) mass is 426 g/mol. The van der Waals surface area contributed by atoms with Gasteiger partial charge in [-0.25, -0.2) is 0 Å². The Morgan fingerprint density at radius 1 is 0.906 bits per heavy atom. The van der Waals surface area contributed by atoms with Gasteiger partial charge in [-0.3, -0.25) is 14.6 Å². The molecular formula is C27H26N2O3. The number of aryl methyl sites for hydroxylation is 4. The van der Waals surface area contributed by atoms with Crippen LogP contribution in [0.5, 0.6) is 0 Å². The predicted octanol–water partition coefficient (Wildman–Crippen LogP) is 4.94. The lowest BCUT2D eigenvalue weighted by molar-refractivity contribution is -0.140. The Morgan fingerprint density at radius 2 is 1.59 bits per heavy atom.